The molecule has 0 spiro atoms. The molecular formula is C15H19FN2O3. The molecule has 1 atom stereocenters. The molecule has 5 nitrogen and oxygen atoms in total. The molecule has 0 radical (unpaired) electrons. The Morgan fingerprint density at radius 2 is 2.29 bits per heavy atom. The van der Waals surface area contributed by atoms with Crippen LogP contribution in [0, 0.1) is 18.7 Å². The number of aliphatic hydroxyl groups is 1. The van der Waals surface area contributed by atoms with E-state index in [-0.39, 0.29) is 30.7 Å². The Balaban J connectivity index is 2.02. The number of benzene rings is 1. The Morgan fingerprint density at radius 1 is 1.52 bits per heavy atom. The highest BCUT2D eigenvalue weighted by Crippen LogP contribution is 2.26. The number of rotatable bonds is 5. The van der Waals surface area contributed by atoms with Crippen molar-refractivity contribution in [3.8, 4) is 0 Å². The Morgan fingerprint density at radius 3 is 2.95 bits per heavy atom. The van der Waals surface area contributed by atoms with Crippen molar-refractivity contribution in [2.75, 3.05) is 24.6 Å². The topological polar surface area (TPSA) is 69.6 Å². The number of aliphatic hydroxyl groups excluding tert-OH is 1. The quantitative estimate of drug-likeness (QED) is 0.796. The van der Waals surface area contributed by atoms with Crippen LogP contribution in [-0.4, -0.2) is 36.6 Å². The molecule has 114 valence electrons. The van der Waals surface area contributed by atoms with Crippen LogP contribution in [0.5, 0.6) is 0 Å². The van der Waals surface area contributed by atoms with Crippen LogP contribution < -0.4 is 10.2 Å². The van der Waals surface area contributed by atoms with Crippen LogP contribution in [0.15, 0.2) is 18.2 Å². The fraction of sp³-hybridized carbons (Fsp3) is 0.467. The predicted molar refractivity (Wildman–Crippen MR) is 76.3 cm³/mol. The lowest BCUT2D eigenvalue weighted by Crippen LogP contribution is -2.33. The maximum absolute atomic E-state index is 13.3. The SMILES string of the molecule is Cc1cc(N2CC(C(=O)NCCCO)CC2=O)ccc1F. The lowest BCUT2D eigenvalue weighted by molar-refractivity contribution is -0.126. The van der Waals surface area contributed by atoms with Crippen molar-refractivity contribution in [2.45, 2.75) is 19.8 Å². The molecule has 1 fully saturated rings. The zero-order chi connectivity index (χ0) is 15.4. The largest absolute Gasteiger partial charge is 0.396 e. The number of carbonyl (C=O) groups excluding carboxylic acids is 2. The minimum atomic E-state index is -0.401. The van der Waals surface area contributed by atoms with Gasteiger partial charge in [-0.05, 0) is 37.1 Å². The summed E-state index contributed by atoms with van der Waals surface area (Å²) in [4.78, 5) is 25.5. The highest BCUT2D eigenvalue weighted by Gasteiger charge is 2.35. The van der Waals surface area contributed by atoms with Gasteiger partial charge < -0.3 is 15.3 Å². The van der Waals surface area contributed by atoms with Gasteiger partial charge in [0.2, 0.25) is 11.8 Å². The first-order valence-electron chi connectivity index (χ1n) is 6.98. The minimum absolute atomic E-state index is 0.0187. The zero-order valence-electron chi connectivity index (χ0n) is 11.9. The van der Waals surface area contributed by atoms with Crippen LogP contribution >= 0.6 is 0 Å². The van der Waals surface area contributed by atoms with Crippen molar-refractivity contribution in [1.29, 1.82) is 0 Å². The Hall–Kier alpha value is -1.95. The van der Waals surface area contributed by atoms with Crippen LogP contribution in [0.3, 0.4) is 0 Å². The first kappa shape index (κ1) is 15.4. The van der Waals surface area contributed by atoms with Crippen LogP contribution in [-0.2, 0) is 9.59 Å². The van der Waals surface area contributed by atoms with Gasteiger partial charge in [0.15, 0.2) is 0 Å². The summed E-state index contributed by atoms with van der Waals surface area (Å²) >= 11 is 0. The van der Waals surface area contributed by atoms with Gasteiger partial charge in [0.1, 0.15) is 5.82 Å². The normalized spacial score (nSPS) is 18.1. The summed E-state index contributed by atoms with van der Waals surface area (Å²) in [6, 6.07) is 4.48. The van der Waals surface area contributed by atoms with Gasteiger partial charge >= 0.3 is 0 Å². The van der Waals surface area contributed by atoms with Gasteiger partial charge in [0.25, 0.3) is 0 Å². The van der Waals surface area contributed by atoms with Gasteiger partial charge in [-0.2, -0.15) is 0 Å². The van der Waals surface area contributed by atoms with Gasteiger partial charge in [-0.25, -0.2) is 4.39 Å². The molecule has 1 aliphatic rings. The maximum atomic E-state index is 13.3. The summed E-state index contributed by atoms with van der Waals surface area (Å²) in [5.41, 5.74) is 1.08. The number of halogens is 1. The molecule has 0 aromatic heterocycles. The van der Waals surface area contributed by atoms with Gasteiger partial charge in [0, 0.05) is 31.8 Å². The molecule has 1 unspecified atom stereocenters. The highest BCUT2D eigenvalue weighted by molar-refractivity contribution is 6.00. The zero-order valence-corrected chi connectivity index (χ0v) is 11.9. The predicted octanol–water partition coefficient (Wildman–Crippen LogP) is 0.986. The third-order valence-corrected chi connectivity index (χ3v) is 3.58. The minimum Gasteiger partial charge on any atom is -0.396 e. The van der Waals surface area contributed by atoms with E-state index in [9.17, 15) is 14.0 Å². The fourth-order valence-electron chi connectivity index (χ4n) is 2.36. The first-order chi connectivity index (χ1) is 10.0. The second kappa shape index (κ2) is 6.67. The standard InChI is InChI=1S/C15H19FN2O3/c1-10-7-12(3-4-13(10)16)18-9-11(8-14(18)20)15(21)17-5-2-6-19/h3-4,7,11,19H,2,5-6,8-9H2,1H3,(H,17,21). The van der Waals surface area contributed by atoms with Crippen molar-refractivity contribution < 1.29 is 19.1 Å². The summed E-state index contributed by atoms with van der Waals surface area (Å²) in [5, 5.41) is 11.4. The molecule has 2 rings (SSSR count). The number of amides is 2. The van der Waals surface area contributed by atoms with Crippen molar-refractivity contribution in [3.63, 3.8) is 0 Å². The van der Waals surface area contributed by atoms with Crippen molar-refractivity contribution in [2.24, 2.45) is 5.92 Å². The molecule has 1 aliphatic heterocycles. The van der Waals surface area contributed by atoms with Crippen LogP contribution in [0.1, 0.15) is 18.4 Å². The average Bonchev–Trinajstić information content (AvgIpc) is 2.84. The molecule has 6 heteroatoms. The summed E-state index contributed by atoms with van der Waals surface area (Å²) in [5.74, 6) is -1.04. The number of carbonyl (C=O) groups is 2. The van der Waals surface area contributed by atoms with Crippen LogP contribution in [0.2, 0.25) is 0 Å². The van der Waals surface area contributed by atoms with E-state index < -0.39 is 5.92 Å². The molecule has 21 heavy (non-hydrogen) atoms. The summed E-state index contributed by atoms with van der Waals surface area (Å²) in [6.07, 6.45) is 0.647. The number of hydrogen-bond donors (Lipinski definition) is 2. The Kier molecular flexibility index (Phi) is 4.90. The van der Waals surface area contributed by atoms with E-state index in [4.69, 9.17) is 5.11 Å². The lowest BCUT2D eigenvalue weighted by Gasteiger charge is -2.17. The summed E-state index contributed by atoms with van der Waals surface area (Å²) in [6.45, 7) is 2.36. The van der Waals surface area contributed by atoms with Gasteiger partial charge in [-0.15, -0.1) is 0 Å². The van der Waals surface area contributed by atoms with E-state index in [0.717, 1.165) is 0 Å². The second-order valence-corrected chi connectivity index (χ2v) is 5.21. The second-order valence-electron chi connectivity index (χ2n) is 5.21. The Labute approximate surface area is 122 Å². The molecule has 1 aromatic carbocycles. The fourth-order valence-corrected chi connectivity index (χ4v) is 2.36. The molecule has 0 saturated carbocycles. The molecule has 2 N–H and O–H groups in total. The third kappa shape index (κ3) is 3.58. The van der Waals surface area contributed by atoms with Gasteiger partial charge in [0.05, 0.1) is 5.92 Å². The van der Waals surface area contributed by atoms with Gasteiger partial charge in [-0.3, -0.25) is 9.59 Å². The van der Waals surface area contributed by atoms with Crippen LogP contribution in [0.25, 0.3) is 0 Å². The number of nitrogens with one attached hydrogen (secondary N) is 1. The number of hydrogen-bond acceptors (Lipinski definition) is 3. The third-order valence-electron chi connectivity index (χ3n) is 3.58. The molecule has 1 heterocycles. The molecular weight excluding hydrogens is 275 g/mol. The number of aryl methyl sites for hydroxylation is 1. The molecule has 0 aliphatic carbocycles. The van der Waals surface area contributed by atoms with E-state index in [1.165, 1.54) is 11.0 Å². The average molecular weight is 294 g/mol. The monoisotopic (exact) mass is 294 g/mol. The Bertz CT molecular complexity index is 548. The van der Waals surface area contributed by atoms with E-state index in [2.05, 4.69) is 5.32 Å². The molecule has 0 bridgehead atoms. The molecule has 2 amide bonds. The number of nitrogens with zero attached hydrogens (tertiary/aromatic N) is 1. The van der Waals surface area contributed by atoms with E-state index in [0.29, 0.717) is 30.8 Å². The van der Waals surface area contributed by atoms with Crippen molar-refractivity contribution >= 4 is 17.5 Å². The van der Waals surface area contributed by atoms with Gasteiger partial charge in [-0.1, -0.05) is 0 Å². The lowest BCUT2D eigenvalue weighted by atomic mass is 10.1. The molecule has 1 saturated heterocycles. The smallest absolute Gasteiger partial charge is 0.227 e. The highest BCUT2D eigenvalue weighted by atomic mass is 19.1. The van der Waals surface area contributed by atoms with E-state index >= 15 is 0 Å². The summed E-state index contributed by atoms with van der Waals surface area (Å²) in [7, 11) is 0. The van der Waals surface area contributed by atoms with Crippen molar-refractivity contribution in [3.05, 3.63) is 29.6 Å². The van der Waals surface area contributed by atoms with E-state index in [1.54, 1.807) is 19.1 Å². The van der Waals surface area contributed by atoms with Crippen molar-refractivity contribution in [1.82, 2.24) is 5.32 Å². The summed E-state index contributed by atoms with van der Waals surface area (Å²) < 4.78 is 13.3. The number of anilines is 1. The maximum Gasteiger partial charge on any atom is 0.227 e. The van der Waals surface area contributed by atoms with E-state index in [1.807, 2.05) is 0 Å². The molecule has 1 aromatic rings. The first-order valence-corrected chi connectivity index (χ1v) is 6.98. The van der Waals surface area contributed by atoms with Crippen LogP contribution in [0.4, 0.5) is 10.1 Å².